The molecule has 4 heteroatoms. The third-order valence-corrected chi connectivity index (χ3v) is 6.92. The van der Waals surface area contributed by atoms with Crippen LogP contribution in [-0.4, -0.2) is 29.0 Å². The Morgan fingerprint density at radius 2 is 1.83 bits per heavy atom. The van der Waals surface area contributed by atoms with E-state index < -0.39 is 9.28 Å². The highest BCUT2D eigenvalue weighted by molar-refractivity contribution is 6.62. The molecule has 0 heterocycles. The quantitative estimate of drug-likeness (QED) is 0.641. The fourth-order valence-electron chi connectivity index (χ4n) is 3.51. The molecule has 0 spiro atoms. The van der Waals surface area contributed by atoms with Crippen LogP contribution in [0.25, 0.3) is 11.1 Å². The lowest BCUT2D eigenvalue weighted by molar-refractivity contribution is 0.225. The minimum Gasteiger partial charge on any atom is -0.394 e. The fraction of sp³-hybridized carbons (Fsp3) is 0.400. The van der Waals surface area contributed by atoms with E-state index in [1.54, 1.807) is 0 Å². The Labute approximate surface area is 146 Å². The van der Waals surface area contributed by atoms with Crippen molar-refractivity contribution in [2.24, 2.45) is 5.73 Å². The van der Waals surface area contributed by atoms with Gasteiger partial charge in [0, 0.05) is 13.2 Å². The van der Waals surface area contributed by atoms with Gasteiger partial charge in [-0.2, -0.15) is 0 Å². The summed E-state index contributed by atoms with van der Waals surface area (Å²) in [6.07, 6.45) is 3.09. The largest absolute Gasteiger partial charge is 0.394 e. The fourth-order valence-corrected chi connectivity index (χ4v) is 5.38. The molecule has 0 bridgehead atoms. The number of hydrogen-bond donors (Lipinski definition) is 1. The molecule has 128 valence electrons. The number of rotatable bonds is 8. The van der Waals surface area contributed by atoms with E-state index in [0.29, 0.717) is 13.2 Å². The summed E-state index contributed by atoms with van der Waals surface area (Å²) in [5, 5.41) is 1.30. The molecule has 1 aliphatic rings. The standard InChI is InChI=1S/C20H27NO2Si/c1-3-22-24(23-4-2)20-9-5-8-18-17-11-10-15(7-6-12-21)13-16(17)14-19(18)20/h5,8-11,13,24H,3-4,6-7,12,14,21H2,1-2H3. The van der Waals surface area contributed by atoms with Crippen molar-refractivity contribution in [3.05, 3.63) is 53.1 Å². The van der Waals surface area contributed by atoms with Crippen LogP contribution in [0.15, 0.2) is 36.4 Å². The van der Waals surface area contributed by atoms with Crippen molar-refractivity contribution < 1.29 is 8.85 Å². The van der Waals surface area contributed by atoms with Crippen molar-refractivity contribution in [3.63, 3.8) is 0 Å². The van der Waals surface area contributed by atoms with Gasteiger partial charge in [-0.05, 0) is 72.7 Å². The number of aryl methyl sites for hydroxylation is 1. The van der Waals surface area contributed by atoms with Crippen LogP contribution in [0.3, 0.4) is 0 Å². The van der Waals surface area contributed by atoms with E-state index in [9.17, 15) is 0 Å². The Morgan fingerprint density at radius 1 is 1.04 bits per heavy atom. The summed E-state index contributed by atoms with van der Waals surface area (Å²) in [6.45, 7) is 6.24. The van der Waals surface area contributed by atoms with Crippen LogP contribution in [0.1, 0.15) is 37.0 Å². The molecular weight excluding hydrogens is 314 g/mol. The van der Waals surface area contributed by atoms with Crippen LogP contribution in [0.2, 0.25) is 0 Å². The van der Waals surface area contributed by atoms with E-state index in [4.69, 9.17) is 14.6 Å². The summed E-state index contributed by atoms with van der Waals surface area (Å²) in [5.41, 5.74) is 12.6. The summed E-state index contributed by atoms with van der Waals surface area (Å²) in [4.78, 5) is 0. The molecule has 2 aromatic rings. The predicted molar refractivity (Wildman–Crippen MR) is 102 cm³/mol. The Balaban J connectivity index is 1.93. The third kappa shape index (κ3) is 3.47. The summed E-state index contributed by atoms with van der Waals surface area (Å²) < 4.78 is 11.9. The highest BCUT2D eigenvalue weighted by Crippen LogP contribution is 2.36. The lowest BCUT2D eigenvalue weighted by Gasteiger charge is -2.18. The van der Waals surface area contributed by atoms with Crippen molar-refractivity contribution in [3.8, 4) is 11.1 Å². The van der Waals surface area contributed by atoms with Crippen LogP contribution >= 0.6 is 0 Å². The first-order valence-corrected chi connectivity index (χ1v) is 10.5. The molecule has 3 rings (SSSR count). The van der Waals surface area contributed by atoms with Crippen molar-refractivity contribution in [2.45, 2.75) is 33.1 Å². The lowest BCUT2D eigenvalue weighted by atomic mass is 10.0. The third-order valence-electron chi connectivity index (χ3n) is 4.60. The molecule has 0 saturated carbocycles. The van der Waals surface area contributed by atoms with Gasteiger partial charge < -0.3 is 14.6 Å². The summed E-state index contributed by atoms with van der Waals surface area (Å²) in [7, 11) is -1.82. The molecule has 2 aromatic carbocycles. The topological polar surface area (TPSA) is 44.5 Å². The van der Waals surface area contributed by atoms with Gasteiger partial charge >= 0.3 is 9.28 Å². The van der Waals surface area contributed by atoms with Crippen LogP contribution in [0.4, 0.5) is 0 Å². The lowest BCUT2D eigenvalue weighted by Crippen LogP contribution is -2.39. The molecule has 0 unspecified atom stereocenters. The zero-order chi connectivity index (χ0) is 16.9. The Kier molecular flexibility index (Phi) is 5.84. The minimum atomic E-state index is -1.82. The van der Waals surface area contributed by atoms with E-state index >= 15 is 0 Å². The maximum absolute atomic E-state index is 5.97. The van der Waals surface area contributed by atoms with Gasteiger partial charge in [0.1, 0.15) is 0 Å². The Morgan fingerprint density at radius 3 is 2.54 bits per heavy atom. The van der Waals surface area contributed by atoms with E-state index in [0.717, 1.165) is 25.8 Å². The second kappa shape index (κ2) is 8.08. The van der Waals surface area contributed by atoms with Crippen molar-refractivity contribution in [2.75, 3.05) is 19.8 Å². The molecule has 24 heavy (non-hydrogen) atoms. The van der Waals surface area contributed by atoms with E-state index in [2.05, 4.69) is 36.4 Å². The van der Waals surface area contributed by atoms with Gasteiger partial charge in [-0.1, -0.05) is 36.4 Å². The van der Waals surface area contributed by atoms with Crippen molar-refractivity contribution >= 4 is 14.5 Å². The highest BCUT2D eigenvalue weighted by Gasteiger charge is 2.26. The van der Waals surface area contributed by atoms with Crippen LogP contribution in [-0.2, 0) is 21.7 Å². The number of nitrogens with two attached hydrogens (primary N) is 1. The molecule has 3 nitrogen and oxygen atoms in total. The zero-order valence-corrected chi connectivity index (χ0v) is 15.8. The van der Waals surface area contributed by atoms with E-state index in [1.807, 2.05) is 13.8 Å². The van der Waals surface area contributed by atoms with Crippen molar-refractivity contribution in [1.82, 2.24) is 0 Å². The molecule has 0 saturated heterocycles. The summed E-state index contributed by atoms with van der Waals surface area (Å²) in [6, 6.07) is 13.4. The van der Waals surface area contributed by atoms with Gasteiger partial charge in [-0.3, -0.25) is 0 Å². The number of fused-ring (bicyclic) bond motifs is 3. The smallest absolute Gasteiger partial charge is 0.356 e. The molecule has 2 N–H and O–H groups in total. The Hall–Kier alpha value is -1.46. The molecule has 0 fully saturated rings. The average Bonchev–Trinajstić information content (AvgIpc) is 2.97. The summed E-state index contributed by atoms with van der Waals surface area (Å²) in [5.74, 6) is 0. The monoisotopic (exact) mass is 341 g/mol. The van der Waals surface area contributed by atoms with Gasteiger partial charge in [-0.15, -0.1) is 0 Å². The first-order chi connectivity index (χ1) is 11.8. The SMILES string of the molecule is CCO[SiH](OCC)c1cccc2c1Cc1cc(CCCN)ccc1-2. The molecule has 0 radical (unpaired) electrons. The maximum Gasteiger partial charge on any atom is 0.356 e. The van der Waals surface area contributed by atoms with Crippen LogP contribution < -0.4 is 10.9 Å². The molecule has 0 aliphatic heterocycles. The predicted octanol–water partition coefficient (Wildman–Crippen LogP) is 2.65. The normalized spacial score (nSPS) is 12.5. The first-order valence-electron chi connectivity index (χ1n) is 8.95. The maximum atomic E-state index is 5.97. The second-order valence-corrected chi connectivity index (χ2v) is 8.13. The number of benzene rings is 2. The second-order valence-electron chi connectivity index (χ2n) is 6.18. The van der Waals surface area contributed by atoms with Crippen LogP contribution in [0.5, 0.6) is 0 Å². The molecule has 1 aliphatic carbocycles. The Bertz CT molecular complexity index is 696. The molecule has 0 atom stereocenters. The van der Waals surface area contributed by atoms with Gasteiger partial charge in [0.05, 0.1) is 0 Å². The zero-order valence-electron chi connectivity index (χ0n) is 14.7. The van der Waals surface area contributed by atoms with Gasteiger partial charge in [0.25, 0.3) is 0 Å². The van der Waals surface area contributed by atoms with Gasteiger partial charge in [0.15, 0.2) is 0 Å². The molecule has 0 aromatic heterocycles. The van der Waals surface area contributed by atoms with E-state index in [-0.39, 0.29) is 0 Å². The summed E-state index contributed by atoms with van der Waals surface area (Å²) >= 11 is 0. The van der Waals surface area contributed by atoms with E-state index in [1.165, 1.54) is 33.0 Å². The molecular formula is C20H27NO2Si. The molecule has 0 amide bonds. The van der Waals surface area contributed by atoms with Crippen LogP contribution in [0, 0.1) is 0 Å². The van der Waals surface area contributed by atoms with Crippen molar-refractivity contribution in [1.29, 1.82) is 0 Å². The average molecular weight is 342 g/mol. The minimum absolute atomic E-state index is 0.705. The highest BCUT2D eigenvalue weighted by atomic mass is 28.3. The van der Waals surface area contributed by atoms with Gasteiger partial charge in [-0.25, -0.2) is 0 Å². The number of hydrogen-bond acceptors (Lipinski definition) is 3. The van der Waals surface area contributed by atoms with Gasteiger partial charge in [0.2, 0.25) is 0 Å². The first kappa shape index (κ1) is 17.4.